The van der Waals surface area contributed by atoms with Gasteiger partial charge in [0, 0.05) is 18.9 Å². The summed E-state index contributed by atoms with van der Waals surface area (Å²) < 4.78 is 15.4. The molecule has 0 atom stereocenters. The molecule has 0 aliphatic heterocycles. The number of benzene rings is 2. The van der Waals surface area contributed by atoms with E-state index in [0.29, 0.717) is 11.4 Å². The number of aryl methyl sites for hydroxylation is 1. The number of halogens is 1. The van der Waals surface area contributed by atoms with Crippen LogP contribution in [0.3, 0.4) is 0 Å². The van der Waals surface area contributed by atoms with Crippen molar-refractivity contribution in [2.75, 3.05) is 5.32 Å². The van der Waals surface area contributed by atoms with Crippen molar-refractivity contribution in [3.05, 3.63) is 98.6 Å². The highest BCUT2D eigenvalue weighted by Crippen LogP contribution is 2.16. The van der Waals surface area contributed by atoms with Crippen molar-refractivity contribution in [2.45, 2.75) is 6.92 Å². The van der Waals surface area contributed by atoms with Gasteiger partial charge in [-0.1, -0.05) is 17.7 Å². The first kappa shape index (κ1) is 19.3. The minimum Gasteiger partial charge on any atom is -0.322 e. The van der Waals surface area contributed by atoms with Crippen molar-refractivity contribution in [3.8, 4) is 5.69 Å². The number of pyridine rings is 1. The van der Waals surface area contributed by atoms with Gasteiger partial charge >= 0.3 is 5.69 Å². The van der Waals surface area contributed by atoms with Gasteiger partial charge in [0.15, 0.2) is 5.65 Å². The summed E-state index contributed by atoms with van der Waals surface area (Å²) in [7, 11) is 1.34. The van der Waals surface area contributed by atoms with E-state index in [4.69, 9.17) is 0 Å². The minimum atomic E-state index is -0.622. The largest absolute Gasteiger partial charge is 0.337 e. The molecule has 0 saturated heterocycles. The highest BCUT2D eigenvalue weighted by Gasteiger charge is 2.16. The fraction of sp³-hybridized carbons (Fsp3) is 0.0909. The number of nitrogens with zero attached hydrogens (tertiary/aromatic N) is 3. The Morgan fingerprint density at radius 2 is 1.70 bits per heavy atom. The van der Waals surface area contributed by atoms with Crippen molar-refractivity contribution in [1.29, 1.82) is 0 Å². The van der Waals surface area contributed by atoms with Crippen molar-refractivity contribution in [3.63, 3.8) is 0 Å². The molecule has 2 aromatic carbocycles. The van der Waals surface area contributed by atoms with Gasteiger partial charge in [-0.25, -0.2) is 18.7 Å². The molecule has 8 heteroatoms. The fourth-order valence-electron chi connectivity index (χ4n) is 3.09. The van der Waals surface area contributed by atoms with Crippen LogP contribution in [0.1, 0.15) is 15.9 Å². The molecule has 2 aromatic heterocycles. The lowest BCUT2D eigenvalue weighted by Gasteiger charge is -2.12. The Labute approximate surface area is 170 Å². The third-order valence-corrected chi connectivity index (χ3v) is 4.75. The first-order chi connectivity index (χ1) is 14.3. The van der Waals surface area contributed by atoms with E-state index in [1.807, 2.05) is 19.1 Å². The molecule has 0 bridgehead atoms. The van der Waals surface area contributed by atoms with Crippen LogP contribution in [0.4, 0.5) is 10.1 Å². The number of aromatic nitrogens is 3. The van der Waals surface area contributed by atoms with Gasteiger partial charge in [-0.3, -0.25) is 14.2 Å². The van der Waals surface area contributed by atoms with Gasteiger partial charge in [-0.05, 0) is 49.4 Å². The highest BCUT2D eigenvalue weighted by molar-refractivity contribution is 6.05. The molecule has 0 spiro atoms. The summed E-state index contributed by atoms with van der Waals surface area (Å²) in [6, 6.07) is 13.9. The Balaban J connectivity index is 1.84. The normalized spacial score (nSPS) is 10.9. The predicted octanol–water partition coefficient (Wildman–Crippen LogP) is 2.78. The molecule has 2 heterocycles. The van der Waals surface area contributed by atoms with E-state index in [9.17, 15) is 18.8 Å². The van der Waals surface area contributed by atoms with E-state index in [1.54, 1.807) is 12.1 Å². The van der Waals surface area contributed by atoms with Gasteiger partial charge in [-0.15, -0.1) is 0 Å². The van der Waals surface area contributed by atoms with Crippen molar-refractivity contribution in [2.24, 2.45) is 7.05 Å². The van der Waals surface area contributed by atoms with Crippen molar-refractivity contribution in [1.82, 2.24) is 14.1 Å². The molecule has 1 amide bonds. The zero-order valence-corrected chi connectivity index (χ0v) is 16.2. The first-order valence-corrected chi connectivity index (χ1v) is 9.11. The third kappa shape index (κ3) is 3.39. The van der Waals surface area contributed by atoms with Gasteiger partial charge < -0.3 is 5.32 Å². The van der Waals surface area contributed by atoms with E-state index in [1.165, 1.54) is 48.1 Å². The van der Waals surface area contributed by atoms with Crippen molar-refractivity contribution >= 4 is 22.6 Å². The summed E-state index contributed by atoms with van der Waals surface area (Å²) >= 11 is 0. The minimum absolute atomic E-state index is 0.0848. The Bertz CT molecular complexity index is 1390. The molecular formula is C22H17FN4O3. The zero-order valence-electron chi connectivity index (χ0n) is 16.2. The molecule has 150 valence electrons. The van der Waals surface area contributed by atoms with Gasteiger partial charge in [0.05, 0.1) is 16.6 Å². The lowest BCUT2D eigenvalue weighted by molar-refractivity contribution is 0.102. The second-order valence-electron chi connectivity index (χ2n) is 6.87. The van der Waals surface area contributed by atoms with Gasteiger partial charge in [0.25, 0.3) is 11.5 Å². The van der Waals surface area contributed by atoms with Gasteiger partial charge in [0.1, 0.15) is 5.82 Å². The second kappa shape index (κ2) is 7.40. The summed E-state index contributed by atoms with van der Waals surface area (Å²) in [5.41, 5.74) is 1.07. The molecular weight excluding hydrogens is 387 g/mol. The topological polar surface area (TPSA) is 86.0 Å². The second-order valence-corrected chi connectivity index (χ2v) is 6.87. The molecule has 4 aromatic rings. The maximum Gasteiger partial charge on any atom is 0.337 e. The molecule has 0 aliphatic rings. The predicted molar refractivity (Wildman–Crippen MR) is 112 cm³/mol. The molecule has 1 N–H and O–H groups in total. The summed E-state index contributed by atoms with van der Waals surface area (Å²) in [6.07, 6.45) is 1.30. The monoisotopic (exact) mass is 404 g/mol. The Kier molecular flexibility index (Phi) is 4.75. The van der Waals surface area contributed by atoms with Gasteiger partial charge in [0.2, 0.25) is 0 Å². The lowest BCUT2D eigenvalue weighted by Crippen LogP contribution is -2.38. The standard InChI is InChI=1S/C22H17FN4O3/c1-13-3-7-16(8-4-13)25-20(28)14-11-18-19(24-12-14)27(22(30)26(2)21(18)29)17-9-5-15(23)6-10-17/h3-12H,1-2H3,(H,25,28). The van der Waals surface area contributed by atoms with Crippen LogP contribution < -0.4 is 16.6 Å². The van der Waals surface area contributed by atoms with Crippen LogP contribution in [-0.4, -0.2) is 20.0 Å². The molecule has 0 radical (unpaired) electrons. The highest BCUT2D eigenvalue weighted by atomic mass is 19.1. The Morgan fingerprint density at radius 3 is 2.37 bits per heavy atom. The molecule has 0 fully saturated rings. The van der Waals surface area contributed by atoms with Crippen LogP contribution in [0.5, 0.6) is 0 Å². The van der Waals surface area contributed by atoms with Crippen LogP contribution in [0.2, 0.25) is 0 Å². The number of hydrogen-bond acceptors (Lipinski definition) is 4. The smallest absolute Gasteiger partial charge is 0.322 e. The zero-order chi connectivity index (χ0) is 21.4. The summed E-state index contributed by atoms with van der Waals surface area (Å²) in [5, 5.41) is 2.85. The van der Waals surface area contributed by atoms with Crippen LogP contribution in [0, 0.1) is 12.7 Å². The first-order valence-electron chi connectivity index (χ1n) is 9.11. The van der Waals surface area contributed by atoms with E-state index in [-0.39, 0.29) is 16.6 Å². The Morgan fingerprint density at radius 1 is 1.03 bits per heavy atom. The average Bonchev–Trinajstić information content (AvgIpc) is 2.75. The lowest BCUT2D eigenvalue weighted by atomic mass is 10.2. The number of amides is 1. The maximum absolute atomic E-state index is 13.3. The third-order valence-electron chi connectivity index (χ3n) is 4.75. The number of carbonyl (C=O) groups excluding carboxylic acids is 1. The molecule has 0 saturated carbocycles. The number of carbonyl (C=O) groups is 1. The summed E-state index contributed by atoms with van der Waals surface area (Å²) in [4.78, 5) is 42.2. The van der Waals surface area contributed by atoms with E-state index < -0.39 is 23.0 Å². The van der Waals surface area contributed by atoms with Gasteiger partial charge in [-0.2, -0.15) is 0 Å². The van der Waals surface area contributed by atoms with E-state index >= 15 is 0 Å². The van der Waals surface area contributed by atoms with Crippen LogP contribution >= 0.6 is 0 Å². The number of hydrogen-bond donors (Lipinski definition) is 1. The summed E-state index contributed by atoms with van der Waals surface area (Å²) in [6.45, 7) is 1.94. The number of nitrogens with one attached hydrogen (secondary N) is 1. The van der Waals surface area contributed by atoms with E-state index in [2.05, 4.69) is 10.3 Å². The van der Waals surface area contributed by atoms with Crippen molar-refractivity contribution < 1.29 is 9.18 Å². The number of anilines is 1. The SMILES string of the molecule is Cc1ccc(NC(=O)c2cnc3c(c2)c(=O)n(C)c(=O)n3-c2ccc(F)cc2)cc1. The molecule has 7 nitrogen and oxygen atoms in total. The maximum atomic E-state index is 13.3. The Hall–Kier alpha value is -4.07. The van der Waals surface area contributed by atoms with Crippen LogP contribution in [-0.2, 0) is 7.05 Å². The number of fused-ring (bicyclic) bond motifs is 1. The van der Waals surface area contributed by atoms with Crippen LogP contribution in [0.25, 0.3) is 16.7 Å². The fourth-order valence-corrected chi connectivity index (χ4v) is 3.09. The van der Waals surface area contributed by atoms with Crippen LogP contribution in [0.15, 0.2) is 70.4 Å². The number of rotatable bonds is 3. The summed E-state index contributed by atoms with van der Waals surface area (Å²) in [5.74, 6) is -0.890. The van der Waals surface area contributed by atoms with E-state index in [0.717, 1.165) is 10.1 Å². The molecule has 4 rings (SSSR count). The molecule has 0 unspecified atom stereocenters. The quantitative estimate of drug-likeness (QED) is 0.569. The molecule has 0 aliphatic carbocycles. The molecule has 30 heavy (non-hydrogen) atoms. The average molecular weight is 404 g/mol.